The van der Waals surface area contributed by atoms with Gasteiger partial charge in [0.25, 0.3) is 0 Å². The first-order valence-electron chi connectivity index (χ1n) is 5.11. The third kappa shape index (κ3) is 2.83. The van der Waals surface area contributed by atoms with Gasteiger partial charge in [-0.1, -0.05) is 35.5 Å². The van der Waals surface area contributed by atoms with Crippen molar-refractivity contribution in [1.82, 2.24) is 14.8 Å². The molecule has 0 spiro atoms. The van der Waals surface area contributed by atoms with Crippen LogP contribution in [0.1, 0.15) is 10.4 Å². The van der Waals surface area contributed by atoms with E-state index in [9.17, 15) is 9.59 Å². The third-order valence-corrected chi connectivity index (χ3v) is 3.58. The molecule has 0 fully saturated rings. The number of ketones is 1. The fourth-order valence-corrected chi connectivity index (χ4v) is 2.34. The van der Waals surface area contributed by atoms with Crippen LogP contribution in [-0.2, 0) is 7.05 Å². The summed E-state index contributed by atoms with van der Waals surface area (Å²) < 4.78 is 1.36. The highest BCUT2D eigenvalue weighted by Crippen LogP contribution is 2.16. The zero-order valence-corrected chi connectivity index (χ0v) is 11.1. The van der Waals surface area contributed by atoms with Crippen molar-refractivity contribution >= 4 is 29.1 Å². The molecule has 0 aliphatic carbocycles. The summed E-state index contributed by atoms with van der Waals surface area (Å²) in [6.45, 7) is 0. The van der Waals surface area contributed by atoms with Gasteiger partial charge < -0.3 is 0 Å². The van der Waals surface area contributed by atoms with Gasteiger partial charge in [-0.05, 0) is 12.1 Å². The van der Waals surface area contributed by atoms with E-state index in [0.29, 0.717) is 15.7 Å². The average Bonchev–Trinajstić information content (AvgIpc) is 2.67. The van der Waals surface area contributed by atoms with Gasteiger partial charge in [-0.25, -0.2) is 9.89 Å². The second-order valence-corrected chi connectivity index (χ2v) is 4.97. The summed E-state index contributed by atoms with van der Waals surface area (Å²) in [7, 11) is 1.60. The molecule has 1 aromatic carbocycles. The van der Waals surface area contributed by atoms with Gasteiger partial charge in [-0.2, -0.15) is 0 Å². The summed E-state index contributed by atoms with van der Waals surface area (Å²) in [6, 6.07) is 6.76. The number of Topliss-reactive ketones (excluding diaryl/α,β-unsaturated/α-hetero) is 1. The van der Waals surface area contributed by atoms with E-state index in [4.69, 9.17) is 11.6 Å². The maximum Gasteiger partial charge on any atom is 0.343 e. The lowest BCUT2D eigenvalue weighted by molar-refractivity contribution is 0.102. The highest BCUT2D eigenvalue weighted by molar-refractivity contribution is 7.99. The predicted molar refractivity (Wildman–Crippen MR) is 70.3 cm³/mol. The van der Waals surface area contributed by atoms with Crippen LogP contribution in [0.2, 0.25) is 5.02 Å². The Hall–Kier alpha value is -1.53. The number of H-pyrrole nitrogens is 1. The normalized spacial score (nSPS) is 10.6. The third-order valence-electron chi connectivity index (χ3n) is 2.32. The van der Waals surface area contributed by atoms with E-state index in [1.807, 2.05) is 0 Å². The van der Waals surface area contributed by atoms with Crippen LogP contribution in [-0.4, -0.2) is 26.3 Å². The number of benzene rings is 1. The van der Waals surface area contributed by atoms with E-state index in [1.54, 1.807) is 31.3 Å². The van der Waals surface area contributed by atoms with Gasteiger partial charge in [0, 0.05) is 17.6 Å². The standard InChI is InChI=1S/C11H10ClN3O2S/c1-15-10(17)13-14-11(15)18-6-9(16)7-3-2-4-8(12)5-7/h2-5H,6H2,1H3,(H,13,17). The number of aromatic nitrogens is 3. The molecule has 0 saturated heterocycles. The van der Waals surface area contributed by atoms with Crippen LogP contribution in [0.3, 0.4) is 0 Å². The van der Waals surface area contributed by atoms with Crippen LogP contribution in [0.5, 0.6) is 0 Å². The summed E-state index contributed by atoms with van der Waals surface area (Å²) in [4.78, 5) is 23.0. The van der Waals surface area contributed by atoms with E-state index in [2.05, 4.69) is 10.2 Å². The lowest BCUT2D eigenvalue weighted by Crippen LogP contribution is -2.13. The zero-order valence-electron chi connectivity index (χ0n) is 9.51. The van der Waals surface area contributed by atoms with E-state index < -0.39 is 0 Å². The van der Waals surface area contributed by atoms with Crippen molar-refractivity contribution in [2.45, 2.75) is 5.16 Å². The number of nitrogens with zero attached hydrogens (tertiary/aromatic N) is 2. The van der Waals surface area contributed by atoms with Crippen LogP contribution in [0.15, 0.2) is 34.2 Å². The molecule has 0 radical (unpaired) electrons. The first-order valence-corrected chi connectivity index (χ1v) is 6.47. The molecule has 94 valence electrons. The molecule has 1 N–H and O–H groups in total. The van der Waals surface area contributed by atoms with Gasteiger partial charge in [0.15, 0.2) is 10.9 Å². The van der Waals surface area contributed by atoms with E-state index in [-0.39, 0.29) is 17.2 Å². The maximum absolute atomic E-state index is 11.9. The average molecular weight is 284 g/mol. The molecule has 0 aliphatic heterocycles. The monoisotopic (exact) mass is 283 g/mol. The van der Waals surface area contributed by atoms with Crippen molar-refractivity contribution in [2.24, 2.45) is 7.05 Å². The molecule has 0 unspecified atom stereocenters. The van der Waals surface area contributed by atoms with Gasteiger partial charge >= 0.3 is 5.69 Å². The molecular formula is C11H10ClN3O2S. The van der Waals surface area contributed by atoms with Crippen LogP contribution in [0, 0.1) is 0 Å². The maximum atomic E-state index is 11.9. The molecule has 0 aliphatic rings. The van der Waals surface area contributed by atoms with E-state index in [0.717, 1.165) is 0 Å². The van der Waals surface area contributed by atoms with Gasteiger partial charge in [0.1, 0.15) is 0 Å². The minimum absolute atomic E-state index is 0.0575. The Morgan fingerprint density at radius 1 is 1.56 bits per heavy atom. The van der Waals surface area contributed by atoms with E-state index >= 15 is 0 Å². The number of hydrogen-bond acceptors (Lipinski definition) is 4. The summed E-state index contributed by atoms with van der Waals surface area (Å²) >= 11 is 7.02. The minimum atomic E-state index is -0.298. The van der Waals surface area contributed by atoms with Crippen LogP contribution >= 0.6 is 23.4 Å². The number of carbonyl (C=O) groups excluding carboxylic acids is 1. The molecule has 0 bridgehead atoms. The fraction of sp³-hybridized carbons (Fsp3) is 0.182. The van der Waals surface area contributed by atoms with Crippen LogP contribution in [0.25, 0.3) is 0 Å². The molecule has 18 heavy (non-hydrogen) atoms. The Balaban J connectivity index is 2.05. The topological polar surface area (TPSA) is 67.8 Å². The second-order valence-electron chi connectivity index (χ2n) is 3.59. The summed E-state index contributed by atoms with van der Waals surface area (Å²) in [5.41, 5.74) is 0.253. The van der Waals surface area contributed by atoms with Crippen LogP contribution in [0.4, 0.5) is 0 Å². The number of carbonyl (C=O) groups is 1. The Bertz CT molecular complexity index is 635. The van der Waals surface area contributed by atoms with Crippen molar-refractivity contribution in [2.75, 3.05) is 5.75 Å². The first kappa shape index (κ1) is 12.9. The van der Waals surface area contributed by atoms with Crippen LogP contribution < -0.4 is 5.69 Å². The van der Waals surface area contributed by atoms with Crippen molar-refractivity contribution in [3.8, 4) is 0 Å². The highest BCUT2D eigenvalue weighted by atomic mass is 35.5. The zero-order chi connectivity index (χ0) is 13.1. The van der Waals surface area contributed by atoms with Crippen molar-refractivity contribution in [3.63, 3.8) is 0 Å². The summed E-state index contributed by atoms with van der Waals surface area (Å²) in [5.74, 6) is 0.149. The molecule has 0 atom stereocenters. The lowest BCUT2D eigenvalue weighted by atomic mass is 10.1. The molecule has 2 aromatic rings. The molecule has 5 nitrogen and oxygen atoms in total. The predicted octanol–water partition coefficient (Wildman–Crippen LogP) is 1.74. The molecule has 1 heterocycles. The van der Waals surface area contributed by atoms with Crippen molar-refractivity contribution < 1.29 is 4.79 Å². The molecule has 1 aromatic heterocycles. The Morgan fingerprint density at radius 2 is 2.33 bits per heavy atom. The summed E-state index contributed by atoms with van der Waals surface area (Å²) in [5, 5.41) is 7.13. The van der Waals surface area contributed by atoms with Gasteiger partial charge in [-0.3, -0.25) is 9.36 Å². The van der Waals surface area contributed by atoms with Gasteiger partial charge in [-0.15, -0.1) is 5.10 Å². The Labute approximate surface area is 112 Å². The quantitative estimate of drug-likeness (QED) is 0.685. The summed E-state index contributed by atoms with van der Waals surface area (Å²) in [6.07, 6.45) is 0. The molecule has 0 saturated carbocycles. The number of nitrogens with one attached hydrogen (secondary N) is 1. The number of rotatable bonds is 4. The first-order chi connectivity index (χ1) is 8.58. The van der Waals surface area contributed by atoms with Gasteiger partial charge in [0.2, 0.25) is 0 Å². The van der Waals surface area contributed by atoms with Gasteiger partial charge in [0.05, 0.1) is 5.75 Å². The van der Waals surface area contributed by atoms with E-state index in [1.165, 1.54) is 16.3 Å². The highest BCUT2D eigenvalue weighted by Gasteiger charge is 2.10. The number of thioether (sulfide) groups is 1. The SMILES string of the molecule is Cn1c(SCC(=O)c2cccc(Cl)c2)n[nH]c1=O. The molecule has 7 heteroatoms. The Morgan fingerprint density at radius 3 is 2.94 bits per heavy atom. The number of halogens is 1. The number of hydrogen-bond donors (Lipinski definition) is 1. The van der Waals surface area contributed by atoms with Crippen molar-refractivity contribution in [1.29, 1.82) is 0 Å². The fourth-order valence-electron chi connectivity index (χ4n) is 1.34. The Kier molecular flexibility index (Phi) is 3.88. The molecule has 0 amide bonds. The lowest BCUT2D eigenvalue weighted by Gasteiger charge is -2.01. The smallest absolute Gasteiger partial charge is 0.293 e. The van der Waals surface area contributed by atoms with Crippen molar-refractivity contribution in [3.05, 3.63) is 45.3 Å². The number of aromatic amines is 1. The molecular weight excluding hydrogens is 274 g/mol. The minimum Gasteiger partial charge on any atom is -0.293 e. The largest absolute Gasteiger partial charge is 0.343 e. The molecule has 2 rings (SSSR count). The second kappa shape index (κ2) is 5.41.